The third kappa shape index (κ3) is 2.90. The first kappa shape index (κ1) is 13.7. The summed E-state index contributed by atoms with van der Waals surface area (Å²) in [5.41, 5.74) is 0.955. The largest absolute Gasteiger partial charge is 0.215 e. The van der Waals surface area contributed by atoms with Gasteiger partial charge in [0, 0.05) is 18.3 Å². The van der Waals surface area contributed by atoms with Gasteiger partial charge in [-0.25, -0.2) is 17.7 Å². The molecule has 0 amide bonds. The van der Waals surface area contributed by atoms with Crippen molar-refractivity contribution in [1.82, 2.24) is 19.3 Å². The molecule has 0 aliphatic heterocycles. The summed E-state index contributed by atoms with van der Waals surface area (Å²) in [6, 6.07) is 3.95. The highest BCUT2D eigenvalue weighted by Gasteiger charge is 2.12. The minimum absolute atomic E-state index is 0.360. The molecule has 3 rings (SSSR count). The molecule has 0 aliphatic carbocycles. The van der Waals surface area contributed by atoms with Crippen molar-refractivity contribution in [2.75, 3.05) is 12.8 Å². The van der Waals surface area contributed by atoms with E-state index in [9.17, 15) is 8.42 Å². The molecule has 0 fully saturated rings. The van der Waals surface area contributed by atoms with Gasteiger partial charge in [-0.3, -0.25) is 0 Å². The Balaban J connectivity index is 1.82. The van der Waals surface area contributed by atoms with E-state index < -0.39 is 10.0 Å². The van der Waals surface area contributed by atoms with Crippen LogP contribution in [0.3, 0.4) is 0 Å². The van der Waals surface area contributed by atoms with Gasteiger partial charge in [0.05, 0.1) is 16.8 Å². The lowest BCUT2D eigenvalue weighted by atomic mass is 10.3. The molecule has 20 heavy (non-hydrogen) atoms. The molecule has 3 aromatic heterocycles. The standard InChI is InChI=1S/C11H12N4O2S3/c1-20(16,17)12-5-4-8-7-19-11-13-10(14-15(8)11)9-3-2-6-18-9/h2-3,6-7,12H,4-5H2,1H3. The Hall–Kier alpha value is -1.29. The van der Waals surface area contributed by atoms with E-state index in [4.69, 9.17) is 0 Å². The van der Waals surface area contributed by atoms with Gasteiger partial charge in [-0.15, -0.1) is 27.8 Å². The van der Waals surface area contributed by atoms with Crippen molar-refractivity contribution >= 4 is 37.7 Å². The molecule has 106 valence electrons. The van der Waals surface area contributed by atoms with Gasteiger partial charge in [0.2, 0.25) is 15.0 Å². The Labute approximate surface area is 124 Å². The van der Waals surface area contributed by atoms with Crippen molar-refractivity contribution in [2.24, 2.45) is 0 Å². The zero-order chi connectivity index (χ0) is 14.2. The van der Waals surface area contributed by atoms with Crippen LogP contribution in [0.15, 0.2) is 22.9 Å². The van der Waals surface area contributed by atoms with Crippen LogP contribution in [0.1, 0.15) is 5.69 Å². The van der Waals surface area contributed by atoms with E-state index in [1.807, 2.05) is 22.9 Å². The second-order valence-corrected chi connectivity index (χ2v) is 7.87. The Kier molecular flexibility index (Phi) is 3.59. The van der Waals surface area contributed by atoms with E-state index in [-0.39, 0.29) is 0 Å². The van der Waals surface area contributed by atoms with Gasteiger partial charge in [-0.1, -0.05) is 6.07 Å². The van der Waals surface area contributed by atoms with Gasteiger partial charge in [-0.05, 0) is 11.4 Å². The summed E-state index contributed by atoms with van der Waals surface area (Å²) in [4.78, 5) is 6.33. The molecule has 0 bridgehead atoms. The van der Waals surface area contributed by atoms with E-state index in [2.05, 4.69) is 14.8 Å². The molecule has 6 nitrogen and oxygen atoms in total. The van der Waals surface area contributed by atoms with E-state index >= 15 is 0 Å². The molecular weight excluding hydrogens is 316 g/mol. The van der Waals surface area contributed by atoms with Crippen LogP contribution in [0.4, 0.5) is 0 Å². The monoisotopic (exact) mass is 328 g/mol. The summed E-state index contributed by atoms with van der Waals surface area (Å²) < 4.78 is 26.3. The molecule has 0 spiro atoms. The number of hydrogen-bond acceptors (Lipinski definition) is 6. The average molecular weight is 328 g/mol. The van der Waals surface area contributed by atoms with Crippen LogP contribution < -0.4 is 4.72 Å². The molecule has 0 unspecified atom stereocenters. The van der Waals surface area contributed by atoms with Crippen molar-refractivity contribution in [3.63, 3.8) is 0 Å². The molecule has 0 saturated heterocycles. The number of rotatable bonds is 5. The summed E-state index contributed by atoms with van der Waals surface area (Å²) in [5.74, 6) is 0.712. The highest BCUT2D eigenvalue weighted by atomic mass is 32.2. The molecule has 0 aliphatic rings. The first-order valence-electron chi connectivity index (χ1n) is 5.84. The van der Waals surface area contributed by atoms with Crippen LogP contribution in [-0.4, -0.2) is 35.8 Å². The number of hydrogen-bond donors (Lipinski definition) is 1. The molecule has 0 atom stereocenters. The molecule has 0 aromatic carbocycles. The topological polar surface area (TPSA) is 76.4 Å². The van der Waals surface area contributed by atoms with Crippen molar-refractivity contribution in [3.8, 4) is 10.7 Å². The first-order valence-corrected chi connectivity index (χ1v) is 9.50. The summed E-state index contributed by atoms with van der Waals surface area (Å²) in [7, 11) is -3.15. The Morgan fingerprint density at radius 1 is 1.40 bits per heavy atom. The lowest BCUT2D eigenvalue weighted by Crippen LogP contribution is -2.24. The highest BCUT2D eigenvalue weighted by molar-refractivity contribution is 7.88. The number of nitrogens with zero attached hydrogens (tertiary/aromatic N) is 3. The zero-order valence-corrected chi connectivity index (χ0v) is 13.1. The van der Waals surface area contributed by atoms with Crippen molar-refractivity contribution < 1.29 is 8.42 Å². The van der Waals surface area contributed by atoms with Crippen molar-refractivity contribution in [1.29, 1.82) is 0 Å². The van der Waals surface area contributed by atoms with E-state index in [1.54, 1.807) is 15.9 Å². The molecule has 3 aromatic rings. The third-order valence-electron chi connectivity index (χ3n) is 2.64. The maximum absolute atomic E-state index is 11.0. The van der Waals surface area contributed by atoms with Crippen LogP contribution >= 0.6 is 22.7 Å². The van der Waals surface area contributed by atoms with E-state index in [1.165, 1.54) is 11.3 Å². The number of fused-ring (bicyclic) bond motifs is 1. The maximum Gasteiger partial charge on any atom is 0.212 e. The summed E-state index contributed by atoms with van der Waals surface area (Å²) in [6.45, 7) is 0.360. The zero-order valence-electron chi connectivity index (χ0n) is 10.6. The van der Waals surface area contributed by atoms with E-state index in [0.717, 1.165) is 21.8 Å². The van der Waals surface area contributed by atoms with Crippen molar-refractivity contribution in [3.05, 3.63) is 28.6 Å². The molecule has 0 saturated carbocycles. The number of sulfonamides is 1. The minimum atomic E-state index is -3.15. The van der Waals surface area contributed by atoms with Gasteiger partial charge in [-0.2, -0.15) is 4.98 Å². The van der Waals surface area contributed by atoms with Crippen LogP contribution in [0.2, 0.25) is 0 Å². The van der Waals surface area contributed by atoms with Gasteiger partial charge >= 0.3 is 0 Å². The fourth-order valence-electron chi connectivity index (χ4n) is 1.77. The first-order chi connectivity index (χ1) is 9.53. The minimum Gasteiger partial charge on any atom is -0.215 e. The molecular formula is C11H12N4O2S3. The van der Waals surface area contributed by atoms with E-state index in [0.29, 0.717) is 18.8 Å². The van der Waals surface area contributed by atoms with Crippen LogP contribution in [-0.2, 0) is 16.4 Å². The second kappa shape index (κ2) is 5.24. The summed E-state index contributed by atoms with van der Waals surface area (Å²) >= 11 is 3.10. The predicted octanol–water partition coefficient (Wildman–Crippen LogP) is 1.61. The number of thiazole rings is 1. The number of nitrogens with one attached hydrogen (secondary N) is 1. The Morgan fingerprint density at radius 3 is 2.95 bits per heavy atom. The van der Waals surface area contributed by atoms with Crippen LogP contribution in [0, 0.1) is 0 Å². The smallest absolute Gasteiger partial charge is 0.212 e. The third-order valence-corrected chi connectivity index (χ3v) is 5.10. The fourth-order valence-corrected chi connectivity index (χ4v) is 3.75. The summed E-state index contributed by atoms with van der Waals surface area (Å²) in [5, 5.41) is 8.42. The lowest BCUT2D eigenvalue weighted by Gasteiger charge is -2.00. The SMILES string of the molecule is CS(=O)(=O)NCCc1csc2nc(-c3cccs3)nn12. The summed E-state index contributed by atoms with van der Waals surface area (Å²) in [6.07, 6.45) is 1.74. The number of thiophene rings is 1. The lowest BCUT2D eigenvalue weighted by molar-refractivity contribution is 0.587. The van der Waals surface area contributed by atoms with Crippen molar-refractivity contribution in [2.45, 2.75) is 6.42 Å². The Morgan fingerprint density at radius 2 is 2.25 bits per heavy atom. The van der Waals surface area contributed by atoms with Gasteiger partial charge in [0.15, 0.2) is 5.82 Å². The molecule has 9 heteroatoms. The normalized spacial score (nSPS) is 12.2. The highest BCUT2D eigenvalue weighted by Crippen LogP contribution is 2.24. The predicted molar refractivity (Wildman–Crippen MR) is 80.7 cm³/mol. The fraction of sp³-hybridized carbons (Fsp3) is 0.273. The Bertz CT molecular complexity index is 817. The average Bonchev–Trinajstić information content (AvgIpc) is 3.01. The molecule has 0 radical (unpaired) electrons. The van der Waals surface area contributed by atoms with Crippen LogP contribution in [0.25, 0.3) is 15.7 Å². The quantitative estimate of drug-likeness (QED) is 0.772. The maximum atomic E-state index is 11.0. The van der Waals surface area contributed by atoms with Gasteiger partial charge in [0.1, 0.15) is 0 Å². The number of aromatic nitrogens is 3. The van der Waals surface area contributed by atoms with Gasteiger partial charge < -0.3 is 0 Å². The second-order valence-electron chi connectivity index (χ2n) is 4.25. The molecule has 3 heterocycles. The van der Waals surface area contributed by atoms with Crippen LogP contribution in [0.5, 0.6) is 0 Å². The van der Waals surface area contributed by atoms with Gasteiger partial charge in [0.25, 0.3) is 0 Å². The molecule has 1 N–H and O–H groups in total.